The van der Waals surface area contributed by atoms with Crippen LogP contribution < -0.4 is 4.72 Å². The zero-order valence-corrected chi connectivity index (χ0v) is 21.8. The van der Waals surface area contributed by atoms with E-state index in [2.05, 4.69) is 61.3 Å². The van der Waals surface area contributed by atoms with E-state index in [0.717, 1.165) is 61.0 Å². The normalized spacial score (nSPS) is 15.5. The number of rotatable bonds is 8. The van der Waals surface area contributed by atoms with Gasteiger partial charge in [0.1, 0.15) is 0 Å². The summed E-state index contributed by atoms with van der Waals surface area (Å²) in [5.74, 6) is 1.03. The fraction of sp³-hybridized carbons (Fsp3) is 0.560. The first-order chi connectivity index (χ1) is 16.0. The average molecular weight is 486 g/mol. The van der Waals surface area contributed by atoms with E-state index in [1.165, 1.54) is 23.1 Å². The predicted octanol–water partition coefficient (Wildman–Crippen LogP) is 4.23. The zero-order valence-electron chi connectivity index (χ0n) is 21.0. The number of fused-ring (bicyclic) bond motifs is 1. The standard InChI is InChI=1S/C25H35N5O3S/c1-7-30-21-15-25(4,5)11-10-20(21)22(28-30)24-27-23(29-33-24)18-13-16(2)19(17(3)14-18)9-8-12-26-34(6,31)32/h13-14,26H,7-12,15H2,1-6H3. The van der Waals surface area contributed by atoms with Crippen molar-refractivity contribution in [3.8, 4) is 23.0 Å². The van der Waals surface area contributed by atoms with E-state index in [1.807, 2.05) is 0 Å². The molecule has 0 aliphatic heterocycles. The summed E-state index contributed by atoms with van der Waals surface area (Å²) in [6.45, 7) is 12.1. The van der Waals surface area contributed by atoms with Crippen LogP contribution in [0.15, 0.2) is 16.7 Å². The summed E-state index contributed by atoms with van der Waals surface area (Å²) in [4.78, 5) is 4.73. The first-order valence-electron chi connectivity index (χ1n) is 11.9. The van der Waals surface area contributed by atoms with Gasteiger partial charge in [-0.25, -0.2) is 13.1 Å². The van der Waals surface area contributed by atoms with Crippen molar-refractivity contribution in [3.05, 3.63) is 40.1 Å². The summed E-state index contributed by atoms with van der Waals surface area (Å²) >= 11 is 0. The number of nitrogens with zero attached hydrogens (tertiary/aromatic N) is 4. The minimum Gasteiger partial charge on any atom is -0.332 e. The number of nitrogens with one attached hydrogen (secondary N) is 1. The lowest BCUT2D eigenvalue weighted by Gasteiger charge is -2.30. The molecule has 184 valence electrons. The smallest absolute Gasteiger partial charge is 0.279 e. The lowest BCUT2D eigenvalue weighted by atomic mass is 9.76. The van der Waals surface area contributed by atoms with Gasteiger partial charge in [-0.2, -0.15) is 10.1 Å². The zero-order chi connectivity index (χ0) is 24.7. The fourth-order valence-electron chi connectivity index (χ4n) is 4.91. The largest absolute Gasteiger partial charge is 0.332 e. The molecular weight excluding hydrogens is 450 g/mol. The summed E-state index contributed by atoms with van der Waals surface area (Å²) in [5.41, 5.74) is 8.01. The first-order valence-corrected chi connectivity index (χ1v) is 13.8. The molecule has 0 amide bonds. The second kappa shape index (κ2) is 9.26. The van der Waals surface area contributed by atoms with E-state index >= 15 is 0 Å². The van der Waals surface area contributed by atoms with Crippen LogP contribution in [-0.4, -0.2) is 41.1 Å². The fourth-order valence-corrected chi connectivity index (χ4v) is 5.42. The minimum atomic E-state index is -3.16. The van der Waals surface area contributed by atoms with Gasteiger partial charge in [0.05, 0.1) is 6.26 Å². The molecule has 2 aromatic heterocycles. The number of hydrogen-bond donors (Lipinski definition) is 1. The molecule has 4 rings (SSSR count). The summed E-state index contributed by atoms with van der Waals surface area (Å²) in [6.07, 6.45) is 5.81. The van der Waals surface area contributed by atoms with Crippen molar-refractivity contribution in [1.29, 1.82) is 0 Å². The van der Waals surface area contributed by atoms with Gasteiger partial charge in [0.2, 0.25) is 15.8 Å². The Labute approximate surface area is 202 Å². The van der Waals surface area contributed by atoms with Gasteiger partial charge < -0.3 is 4.52 Å². The maximum absolute atomic E-state index is 11.3. The Hall–Kier alpha value is -2.52. The highest BCUT2D eigenvalue weighted by atomic mass is 32.2. The molecule has 3 aromatic rings. The third kappa shape index (κ3) is 5.25. The number of benzene rings is 1. The van der Waals surface area contributed by atoms with Crippen molar-refractivity contribution in [3.63, 3.8) is 0 Å². The molecular formula is C25H35N5O3S. The van der Waals surface area contributed by atoms with E-state index < -0.39 is 10.0 Å². The van der Waals surface area contributed by atoms with Crippen molar-refractivity contribution in [2.75, 3.05) is 12.8 Å². The van der Waals surface area contributed by atoms with Crippen LogP contribution in [0.1, 0.15) is 61.6 Å². The Morgan fingerprint density at radius 1 is 1.21 bits per heavy atom. The lowest BCUT2D eigenvalue weighted by Crippen LogP contribution is -2.24. The Morgan fingerprint density at radius 3 is 2.56 bits per heavy atom. The molecule has 1 aliphatic carbocycles. The first kappa shape index (κ1) is 24.6. The topological polar surface area (TPSA) is 103 Å². The molecule has 1 aromatic carbocycles. The van der Waals surface area contributed by atoms with E-state index in [4.69, 9.17) is 14.6 Å². The molecule has 8 nitrogen and oxygen atoms in total. The van der Waals surface area contributed by atoms with Crippen LogP contribution in [0, 0.1) is 19.3 Å². The summed E-state index contributed by atoms with van der Waals surface area (Å²) < 4.78 is 32.9. The van der Waals surface area contributed by atoms with Crippen LogP contribution in [0.2, 0.25) is 0 Å². The van der Waals surface area contributed by atoms with Gasteiger partial charge in [-0.05, 0) is 87.1 Å². The molecule has 2 heterocycles. The van der Waals surface area contributed by atoms with E-state index in [0.29, 0.717) is 18.3 Å². The third-order valence-corrected chi connectivity index (χ3v) is 7.44. The van der Waals surface area contributed by atoms with Crippen LogP contribution in [0.25, 0.3) is 23.0 Å². The SMILES string of the molecule is CCn1nc(-c2nc(-c3cc(C)c(CCCNS(C)(=O)=O)c(C)c3)no2)c2c1CC(C)(C)CC2. The highest BCUT2D eigenvalue weighted by molar-refractivity contribution is 7.88. The molecule has 9 heteroatoms. The third-order valence-electron chi connectivity index (χ3n) is 6.71. The highest BCUT2D eigenvalue weighted by Crippen LogP contribution is 2.39. The second-order valence-electron chi connectivity index (χ2n) is 10.2. The van der Waals surface area contributed by atoms with Gasteiger partial charge in [0, 0.05) is 29.9 Å². The van der Waals surface area contributed by atoms with Gasteiger partial charge in [0.25, 0.3) is 5.89 Å². The van der Waals surface area contributed by atoms with Crippen LogP contribution >= 0.6 is 0 Å². The molecule has 0 saturated carbocycles. The van der Waals surface area contributed by atoms with Crippen molar-refractivity contribution >= 4 is 10.0 Å². The van der Waals surface area contributed by atoms with Gasteiger partial charge in [-0.15, -0.1) is 0 Å². The van der Waals surface area contributed by atoms with E-state index in [-0.39, 0.29) is 5.41 Å². The molecule has 0 fully saturated rings. The maximum Gasteiger partial charge on any atom is 0.279 e. The molecule has 0 radical (unpaired) electrons. The summed E-state index contributed by atoms with van der Waals surface area (Å²) in [5, 5.41) is 9.11. The monoisotopic (exact) mass is 485 g/mol. The Balaban J connectivity index is 1.57. The van der Waals surface area contributed by atoms with Crippen molar-refractivity contribution < 1.29 is 12.9 Å². The van der Waals surface area contributed by atoms with E-state index in [9.17, 15) is 8.42 Å². The molecule has 0 saturated heterocycles. The van der Waals surface area contributed by atoms with Gasteiger partial charge in [0.15, 0.2) is 5.69 Å². The average Bonchev–Trinajstić information content (AvgIpc) is 3.35. The molecule has 34 heavy (non-hydrogen) atoms. The van der Waals surface area contributed by atoms with Crippen LogP contribution in [0.3, 0.4) is 0 Å². The number of sulfonamides is 1. The van der Waals surface area contributed by atoms with Crippen LogP contribution in [0.5, 0.6) is 0 Å². The maximum atomic E-state index is 11.3. The van der Waals surface area contributed by atoms with Crippen molar-refractivity contribution in [2.24, 2.45) is 5.41 Å². The van der Waals surface area contributed by atoms with Crippen molar-refractivity contribution in [1.82, 2.24) is 24.6 Å². The molecule has 0 bridgehead atoms. The minimum absolute atomic E-state index is 0.273. The lowest BCUT2D eigenvalue weighted by molar-refractivity contribution is 0.304. The summed E-state index contributed by atoms with van der Waals surface area (Å²) in [6, 6.07) is 4.15. The molecule has 1 N–H and O–H groups in total. The van der Waals surface area contributed by atoms with Gasteiger partial charge >= 0.3 is 0 Å². The van der Waals surface area contributed by atoms with Crippen LogP contribution in [-0.2, 0) is 35.8 Å². The number of aromatic nitrogens is 4. The second-order valence-corrected chi connectivity index (χ2v) is 12.0. The Kier molecular flexibility index (Phi) is 6.70. The van der Waals surface area contributed by atoms with Crippen LogP contribution in [0.4, 0.5) is 0 Å². The number of aryl methyl sites for hydroxylation is 3. The molecule has 0 unspecified atom stereocenters. The highest BCUT2D eigenvalue weighted by Gasteiger charge is 2.32. The quantitative estimate of drug-likeness (QED) is 0.479. The van der Waals surface area contributed by atoms with Gasteiger partial charge in [-0.3, -0.25) is 4.68 Å². The van der Waals surface area contributed by atoms with Crippen molar-refractivity contribution in [2.45, 2.75) is 73.3 Å². The predicted molar refractivity (Wildman–Crippen MR) is 133 cm³/mol. The molecule has 0 spiro atoms. The number of hydrogen-bond acceptors (Lipinski definition) is 6. The van der Waals surface area contributed by atoms with Gasteiger partial charge in [-0.1, -0.05) is 19.0 Å². The van der Waals surface area contributed by atoms with E-state index in [1.54, 1.807) is 0 Å². The Morgan fingerprint density at radius 2 is 1.91 bits per heavy atom. The summed E-state index contributed by atoms with van der Waals surface area (Å²) in [7, 11) is -3.16. The molecule has 1 aliphatic rings. The Bertz CT molecular complexity index is 1280. The molecule has 0 atom stereocenters.